The lowest BCUT2D eigenvalue weighted by atomic mass is 10.0. The van der Waals surface area contributed by atoms with Crippen LogP contribution < -0.4 is 31.7 Å². The lowest BCUT2D eigenvalue weighted by Crippen LogP contribution is -2.49. The SMILES string of the molecule is CC(=O)c1c(C)c2cnc(Nc3ccc(N4CCN(CC(=O)NCCC(=O)Nc5ccccc5C(=O)Nc5nc(C)c([N+](=O)[O-])s5)CC4)cn3)nc2n(C2CCCC2)c1=O. The van der Waals surface area contributed by atoms with E-state index in [1.165, 1.54) is 19.9 Å². The summed E-state index contributed by atoms with van der Waals surface area (Å²) in [5.41, 5.74) is 2.47. The lowest BCUT2D eigenvalue weighted by Gasteiger charge is -2.35. The Bertz CT molecular complexity index is 2530. The molecule has 0 radical (unpaired) electrons. The van der Waals surface area contributed by atoms with Crippen LogP contribution in [0, 0.1) is 24.0 Å². The molecule has 4 N–H and O–H groups in total. The number of Topliss-reactive ketones (excluding diaryl/α,β-unsaturated/α-hetero) is 1. The van der Waals surface area contributed by atoms with Crippen LogP contribution in [0.2, 0.25) is 0 Å². The topological polar surface area (TPSA) is 240 Å². The van der Waals surface area contributed by atoms with Crippen LogP contribution in [-0.4, -0.2) is 97.1 Å². The second kappa shape index (κ2) is 18.1. The molecule has 20 heteroatoms. The third-order valence-corrected chi connectivity index (χ3v) is 11.6. The number of piperazine rings is 1. The molecule has 312 valence electrons. The van der Waals surface area contributed by atoms with Crippen molar-refractivity contribution in [2.45, 2.75) is 58.9 Å². The minimum absolute atomic E-state index is 0.0228. The van der Waals surface area contributed by atoms with Gasteiger partial charge in [-0.3, -0.25) is 48.9 Å². The van der Waals surface area contributed by atoms with Gasteiger partial charge in [0.15, 0.2) is 10.9 Å². The number of aromatic nitrogens is 5. The number of carbonyl (C=O) groups is 4. The summed E-state index contributed by atoms with van der Waals surface area (Å²) in [5.74, 6) is -0.659. The molecule has 0 unspecified atom stereocenters. The number of aryl methyl sites for hydroxylation is 2. The third kappa shape index (κ3) is 9.29. The van der Waals surface area contributed by atoms with Crippen LogP contribution >= 0.6 is 11.3 Å². The summed E-state index contributed by atoms with van der Waals surface area (Å²) < 4.78 is 1.68. The maximum absolute atomic E-state index is 13.5. The summed E-state index contributed by atoms with van der Waals surface area (Å²) in [6, 6.07) is 10.1. The standard InChI is InChI=1S/C40H44N12O7S/c1-23-29-21-43-39(47-35(29)51(26-8-4-5-9-26)37(57)34(23)25(3)53)46-31-13-12-27(20-42-31)50-18-16-49(17-19-50)22-33(55)41-15-14-32(54)45-30-11-7-6-10-28(30)36(56)48-40-44-24(2)38(60-40)52(58)59/h6-7,10-13,20-21,26H,4-5,8-9,14-19,22H2,1-3H3,(H,41,55)(H,45,54)(H,44,48,56)(H,42,43,46,47). The van der Waals surface area contributed by atoms with E-state index in [-0.39, 0.29) is 75.4 Å². The van der Waals surface area contributed by atoms with E-state index >= 15 is 0 Å². The number of hydrogen-bond donors (Lipinski definition) is 4. The number of nitrogens with zero attached hydrogens (tertiary/aromatic N) is 8. The van der Waals surface area contributed by atoms with Crippen molar-refractivity contribution >= 4 is 79.1 Å². The van der Waals surface area contributed by atoms with Gasteiger partial charge >= 0.3 is 5.00 Å². The highest BCUT2D eigenvalue weighted by Crippen LogP contribution is 2.33. The number of nitro groups is 1. The van der Waals surface area contributed by atoms with Crippen molar-refractivity contribution in [3.63, 3.8) is 0 Å². The molecule has 0 atom stereocenters. The van der Waals surface area contributed by atoms with E-state index in [0.29, 0.717) is 54.5 Å². The van der Waals surface area contributed by atoms with Crippen LogP contribution in [0.15, 0.2) is 53.6 Å². The minimum atomic E-state index is -0.587. The molecule has 3 amide bonds. The van der Waals surface area contributed by atoms with Crippen molar-refractivity contribution in [1.82, 2.24) is 34.7 Å². The highest BCUT2D eigenvalue weighted by Gasteiger charge is 2.27. The van der Waals surface area contributed by atoms with E-state index in [2.05, 4.69) is 41.1 Å². The normalized spacial score (nSPS) is 14.6. The number of rotatable bonds is 14. The Labute approximate surface area is 347 Å². The van der Waals surface area contributed by atoms with E-state index in [4.69, 9.17) is 4.98 Å². The number of amides is 3. The molecule has 1 saturated carbocycles. The Morgan fingerprint density at radius 2 is 1.68 bits per heavy atom. The first-order chi connectivity index (χ1) is 28.9. The predicted octanol–water partition coefficient (Wildman–Crippen LogP) is 4.75. The summed E-state index contributed by atoms with van der Waals surface area (Å²) >= 11 is 0.744. The van der Waals surface area contributed by atoms with E-state index in [0.717, 1.165) is 42.7 Å². The molecule has 1 aromatic carbocycles. The third-order valence-electron chi connectivity index (χ3n) is 10.6. The van der Waals surface area contributed by atoms with Gasteiger partial charge in [-0.2, -0.15) is 4.98 Å². The zero-order chi connectivity index (χ0) is 42.5. The minimum Gasteiger partial charge on any atom is -0.368 e. The van der Waals surface area contributed by atoms with Crippen molar-refractivity contribution in [1.29, 1.82) is 0 Å². The molecule has 60 heavy (non-hydrogen) atoms. The molecule has 5 aromatic rings. The Kier molecular flexibility index (Phi) is 12.5. The van der Waals surface area contributed by atoms with Crippen molar-refractivity contribution in [3.8, 4) is 0 Å². The molecule has 1 aliphatic heterocycles. The van der Waals surface area contributed by atoms with Crippen LogP contribution in [0.1, 0.15) is 77.0 Å². The van der Waals surface area contributed by atoms with Crippen molar-refractivity contribution in [2.75, 3.05) is 60.1 Å². The van der Waals surface area contributed by atoms with Gasteiger partial charge in [0.05, 0.1) is 40.2 Å². The smallest absolute Gasteiger partial charge is 0.348 e. The largest absolute Gasteiger partial charge is 0.368 e. The molecule has 4 aromatic heterocycles. The Morgan fingerprint density at radius 1 is 0.933 bits per heavy atom. The number of hydrogen-bond acceptors (Lipinski definition) is 15. The molecule has 0 bridgehead atoms. The van der Waals surface area contributed by atoms with Crippen LogP contribution in [0.25, 0.3) is 11.0 Å². The maximum atomic E-state index is 13.5. The van der Waals surface area contributed by atoms with Gasteiger partial charge in [0, 0.05) is 56.8 Å². The van der Waals surface area contributed by atoms with E-state index in [9.17, 15) is 34.1 Å². The fourth-order valence-corrected chi connectivity index (χ4v) is 8.36. The number of ketones is 1. The number of carbonyl (C=O) groups excluding carboxylic acids is 4. The quantitative estimate of drug-likeness (QED) is 0.0671. The average molecular weight is 837 g/mol. The second-order valence-electron chi connectivity index (χ2n) is 14.7. The molecule has 2 fully saturated rings. The molecular weight excluding hydrogens is 793 g/mol. The van der Waals surface area contributed by atoms with Gasteiger partial charge in [-0.1, -0.05) is 25.0 Å². The number of nitrogens with one attached hydrogen (secondary N) is 4. The number of anilines is 5. The van der Waals surface area contributed by atoms with E-state index in [1.807, 2.05) is 17.0 Å². The summed E-state index contributed by atoms with van der Waals surface area (Å²) in [4.78, 5) is 97.1. The molecule has 7 rings (SSSR count). The lowest BCUT2D eigenvalue weighted by molar-refractivity contribution is -0.380. The Morgan fingerprint density at radius 3 is 2.37 bits per heavy atom. The zero-order valence-electron chi connectivity index (χ0n) is 33.3. The molecule has 1 saturated heterocycles. The Hall–Kier alpha value is -6.67. The van der Waals surface area contributed by atoms with Crippen LogP contribution in [0.3, 0.4) is 0 Å². The van der Waals surface area contributed by atoms with E-state index in [1.54, 1.807) is 42.1 Å². The number of benzene rings is 1. The molecular formula is C40H44N12O7S. The maximum Gasteiger partial charge on any atom is 0.348 e. The van der Waals surface area contributed by atoms with Crippen LogP contribution in [0.5, 0.6) is 0 Å². The summed E-state index contributed by atoms with van der Waals surface area (Å²) in [6.45, 7) is 7.54. The van der Waals surface area contributed by atoms with Gasteiger partial charge in [-0.25, -0.2) is 15.0 Å². The van der Waals surface area contributed by atoms with Crippen LogP contribution in [0.4, 0.5) is 33.3 Å². The fraction of sp³-hybridized carbons (Fsp3) is 0.375. The number of fused-ring (bicyclic) bond motifs is 1. The number of para-hydroxylation sites is 1. The first kappa shape index (κ1) is 41.5. The summed E-state index contributed by atoms with van der Waals surface area (Å²) in [7, 11) is 0. The van der Waals surface area contributed by atoms with Gasteiger partial charge in [0.1, 0.15) is 17.2 Å². The molecule has 0 spiro atoms. The van der Waals surface area contributed by atoms with Gasteiger partial charge in [-0.05, 0) is 74.8 Å². The highest BCUT2D eigenvalue weighted by molar-refractivity contribution is 7.19. The predicted molar refractivity (Wildman–Crippen MR) is 226 cm³/mol. The molecule has 19 nitrogen and oxygen atoms in total. The monoisotopic (exact) mass is 836 g/mol. The van der Waals surface area contributed by atoms with Gasteiger partial charge in [0.25, 0.3) is 11.5 Å². The molecule has 1 aliphatic carbocycles. The average Bonchev–Trinajstić information content (AvgIpc) is 3.88. The second-order valence-corrected chi connectivity index (χ2v) is 15.7. The van der Waals surface area contributed by atoms with E-state index < -0.39 is 16.7 Å². The van der Waals surface area contributed by atoms with Crippen LogP contribution in [-0.2, 0) is 9.59 Å². The fourth-order valence-electron chi connectivity index (χ4n) is 7.59. The highest BCUT2D eigenvalue weighted by atomic mass is 32.1. The van der Waals surface area contributed by atoms with Gasteiger partial charge in [-0.15, -0.1) is 0 Å². The Balaban J connectivity index is 0.867. The number of pyridine rings is 2. The first-order valence-corrected chi connectivity index (χ1v) is 20.4. The first-order valence-electron chi connectivity index (χ1n) is 19.6. The summed E-state index contributed by atoms with van der Waals surface area (Å²) in [6.07, 6.45) is 7.12. The number of thiazole rings is 1. The van der Waals surface area contributed by atoms with Gasteiger partial charge < -0.3 is 20.9 Å². The van der Waals surface area contributed by atoms with Crippen molar-refractivity contribution < 1.29 is 24.1 Å². The van der Waals surface area contributed by atoms with Crippen molar-refractivity contribution in [2.24, 2.45) is 0 Å². The zero-order valence-corrected chi connectivity index (χ0v) is 34.1. The molecule has 5 heterocycles. The van der Waals surface area contributed by atoms with Gasteiger partial charge in [0.2, 0.25) is 17.8 Å². The summed E-state index contributed by atoms with van der Waals surface area (Å²) in [5, 5.41) is 22.9. The molecule has 2 aliphatic rings. The van der Waals surface area contributed by atoms with Crippen molar-refractivity contribution in [3.05, 3.63) is 91.6 Å².